The van der Waals surface area contributed by atoms with E-state index in [-0.39, 0.29) is 16.6 Å². The molecule has 0 aliphatic heterocycles. The van der Waals surface area contributed by atoms with E-state index in [2.05, 4.69) is 15.2 Å². The van der Waals surface area contributed by atoms with Crippen LogP contribution in [-0.4, -0.2) is 19.9 Å². The molecule has 1 aliphatic rings. The zero-order chi connectivity index (χ0) is 12.7. The SMILES string of the molecule is O=c1c(Cl)c(Cl)cnn1Cc1nc(C2CC2)no1. The van der Waals surface area contributed by atoms with Crippen LogP contribution in [0.1, 0.15) is 30.5 Å². The number of hydrogen-bond donors (Lipinski definition) is 0. The predicted molar refractivity (Wildman–Crippen MR) is 63.9 cm³/mol. The summed E-state index contributed by atoms with van der Waals surface area (Å²) in [5, 5.41) is 7.78. The van der Waals surface area contributed by atoms with Crippen molar-refractivity contribution >= 4 is 23.2 Å². The van der Waals surface area contributed by atoms with E-state index in [9.17, 15) is 4.79 Å². The summed E-state index contributed by atoms with van der Waals surface area (Å²) in [5.41, 5.74) is -0.477. The van der Waals surface area contributed by atoms with Gasteiger partial charge in [-0.05, 0) is 12.8 Å². The Hall–Kier alpha value is -1.40. The quantitative estimate of drug-likeness (QED) is 0.861. The van der Waals surface area contributed by atoms with Crippen LogP contribution < -0.4 is 5.56 Å². The maximum absolute atomic E-state index is 11.7. The summed E-state index contributed by atoms with van der Waals surface area (Å²) >= 11 is 11.4. The molecule has 0 unspecified atom stereocenters. The third kappa shape index (κ3) is 2.13. The minimum atomic E-state index is -0.477. The smallest absolute Gasteiger partial charge is 0.287 e. The van der Waals surface area contributed by atoms with Gasteiger partial charge in [0.2, 0.25) is 5.89 Å². The van der Waals surface area contributed by atoms with Crippen molar-refractivity contribution in [2.75, 3.05) is 0 Å². The van der Waals surface area contributed by atoms with E-state index < -0.39 is 5.56 Å². The minimum absolute atomic E-state index is 0.0615. The average Bonchev–Trinajstić information content (AvgIpc) is 3.11. The minimum Gasteiger partial charge on any atom is -0.337 e. The van der Waals surface area contributed by atoms with E-state index in [1.807, 2.05) is 0 Å². The number of halogens is 2. The van der Waals surface area contributed by atoms with Gasteiger partial charge in [-0.3, -0.25) is 4.79 Å². The second kappa shape index (κ2) is 4.37. The molecule has 3 rings (SSSR count). The van der Waals surface area contributed by atoms with E-state index in [0.29, 0.717) is 17.6 Å². The van der Waals surface area contributed by atoms with Gasteiger partial charge in [-0.15, -0.1) is 0 Å². The maximum atomic E-state index is 11.7. The standard InChI is InChI=1S/C10H8Cl2N4O2/c11-6-3-13-16(10(17)8(6)12)4-7-14-9(15-18-7)5-1-2-5/h3,5H,1-2,4H2. The second-order valence-corrected chi connectivity index (χ2v) is 4.88. The molecular weight excluding hydrogens is 279 g/mol. The Balaban J connectivity index is 1.87. The number of nitrogens with zero attached hydrogens (tertiary/aromatic N) is 4. The predicted octanol–water partition coefficient (Wildman–Crippen LogP) is 1.86. The number of rotatable bonds is 3. The first-order valence-electron chi connectivity index (χ1n) is 5.39. The zero-order valence-electron chi connectivity index (χ0n) is 9.14. The Kier molecular flexibility index (Phi) is 2.83. The van der Waals surface area contributed by atoms with Crippen molar-refractivity contribution in [1.29, 1.82) is 0 Å². The molecule has 0 aromatic carbocycles. The van der Waals surface area contributed by atoms with E-state index >= 15 is 0 Å². The fourth-order valence-electron chi connectivity index (χ4n) is 1.53. The number of hydrogen-bond acceptors (Lipinski definition) is 5. The second-order valence-electron chi connectivity index (χ2n) is 4.09. The van der Waals surface area contributed by atoms with Gasteiger partial charge in [-0.2, -0.15) is 10.1 Å². The van der Waals surface area contributed by atoms with Crippen LogP contribution in [0.3, 0.4) is 0 Å². The molecule has 0 N–H and O–H groups in total. The highest BCUT2D eigenvalue weighted by Crippen LogP contribution is 2.38. The van der Waals surface area contributed by atoms with Crippen molar-refractivity contribution in [3.8, 4) is 0 Å². The molecule has 8 heteroatoms. The van der Waals surface area contributed by atoms with Gasteiger partial charge in [0, 0.05) is 5.92 Å². The van der Waals surface area contributed by atoms with Crippen LogP contribution >= 0.6 is 23.2 Å². The normalized spacial score (nSPS) is 15.0. The molecule has 1 saturated carbocycles. The van der Waals surface area contributed by atoms with Crippen LogP contribution in [0.2, 0.25) is 10.0 Å². The van der Waals surface area contributed by atoms with E-state index in [1.54, 1.807) is 0 Å². The van der Waals surface area contributed by atoms with Gasteiger partial charge in [-0.1, -0.05) is 28.4 Å². The van der Waals surface area contributed by atoms with Crippen molar-refractivity contribution in [3.63, 3.8) is 0 Å². The molecule has 18 heavy (non-hydrogen) atoms. The molecular formula is C10H8Cl2N4O2. The summed E-state index contributed by atoms with van der Waals surface area (Å²) in [7, 11) is 0. The van der Waals surface area contributed by atoms with Gasteiger partial charge in [0.05, 0.1) is 11.2 Å². The maximum Gasteiger partial charge on any atom is 0.287 e. The van der Waals surface area contributed by atoms with E-state index in [0.717, 1.165) is 17.5 Å². The van der Waals surface area contributed by atoms with Crippen LogP contribution in [0.25, 0.3) is 0 Å². The average molecular weight is 287 g/mol. The van der Waals surface area contributed by atoms with Crippen LogP contribution in [0.5, 0.6) is 0 Å². The molecule has 0 atom stereocenters. The molecule has 0 saturated heterocycles. The first kappa shape index (κ1) is 11.7. The van der Waals surface area contributed by atoms with Crippen molar-refractivity contribution in [1.82, 2.24) is 19.9 Å². The lowest BCUT2D eigenvalue weighted by Gasteiger charge is -2.01. The summed E-state index contributed by atoms with van der Waals surface area (Å²) in [6.07, 6.45) is 3.48. The van der Waals surface area contributed by atoms with Crippen molar-refractivity contribution in [3.05, 3.63) is 38.3 Å². The van der Waals surface area contributed by atoms with Crippen molar-refractivity contribution in [2.24, 2.45) is 0 Å². The van der Waals surface area contributed by atoms with Crippen molar-refractivity contribution in [2.45, 2.75) is 25.3 Å². The Morgan fingerprint density at radius 1 is 1.44 bits per heavy atom. The Labute approximate surface area is 112 Å². The monoisotopic (exact) mass is 286 g/mol. The summed E-state index contributed by atoms with van der Waals surface area (Å²) in [5.74, 6) is 1.43. The van der Waals surface area contributed by atoms with Crippen LogP contribution in [-0.2, 0) is 6.54 Å². The van der Waals surface area contributed by atoms with Gasteiger partial charge in [-0.25, -0.2) is 4.68 Å². The van der Waals surface area contributed by atoms with Crippen LogP contribution in [0.15, 0.2) is 15.5 Å². The largest absolute Gasteiger partial charge is 0.337 e. The molecule has 0 radical (unpaired) electrons. The Bertz CT molecular complexity index is 648. The van der Waals surface area contributed by atoms with Gasteiger partial charge >= 0.3 is 0 Å². The Morgan fingerprint density at radius 2 is 2.22 bits per heavy atom. The molecule has 2 aromatic rings. The summed E-state index contributed by atoms with van der Waals surface area (Å²) < 4.78 is 6.20. The van der Waals surface area contributed by atoms with E-state index in [1.165, 1.54) is 6.20 Å². The highest BCUT2D eigenvalue weighted by Gasteiger charge is 2.28. The van der Waals surface area contributed by atoms with Gasteiger partial charge in [0.15, 0.2) is 5.82 Å². The molecule has 1 aliphatic carbocycles. The molecule has 1 fully saturated rings. The van der Waals surface area contributed by atoms with Gasteiger partial charge in [0.25, 0.3) is 5.56 Å². The molecule has 2 heterocycles. The van der Waals surface area contributed by atoms with Crippen LogP contribution in [0, 0.1) is 0 Å². The zero-order valence-corrected chi connectivity index (χ0v) is 10.6. The molecule has 94 valence electrons. The van der Waals surface area contributed by atoms with Gasteiger partial charge in [0.1, 0.15) is 11.6 Å². The summed E-state index contributed by atoms with van der Waals surface area (Å²) in [6.45, 7) is 0.0927. The third-order valence-corrected chi connectivity index (χ3v) is 3.40. The van der Waals surface area contributed by atoms with E-state index in [4.69, 9.17) is 27.7 Å². The third-order valence-electron chi connectivity index (χ3n) is 2.65. The molecule has 0 amide bonds. The molecule has 2 aromatic heterocycles. The van der Waals surface area contributed by atoms with Gasteiger partial charge < -0.3 is 4.52 Å². The lowest BCUT2D eigenvalue weighted by molar-refractivity contribution is 0.358. The highest BCUT2D eigenvalue weighted by molar-refractivity contribution is 6.41. The fourth-order valence-corrected chi connectivity index (χ4v) is 1.80. The lowest BCUT2D eigenvalue weighted by Crippen LogP contribution is -2.23. The Morgan fingerprint density at radius 3 is 2.94 bits per heavy atom. The molecule has 6 nitrogen and oxygen atoms in total. The topological polar surface area (TPSA) is 73.8 Å². The summed E-state index contributed by atoms with van der Waals surface area (Å²) in [6, 6.07) is 0. The van der Waals surface area contributed by atoms with Crippen LogP contribution in [0.4, 0.5) is 0 Å². The number of aromatic nitrogens is 4. The molecule has 0 spiro atoms. The fraction of sp³-hybridized carbons (Fsp3) is 0.400. The first-order chi connectivity index (χ1) is 8.65. The highest BCUT2D eigenvalue weighted by atomic mass is 35.5. The molecule has 0 bridgehead atoms. The summed E-state index contributed by atoms with van der Waals surface area (Å²) in [4.78, 5) is 15.9. The lowest BCUT2D eigenvalue weighted by atomic mass is 10.4. The first-order valence-corrected chi connectivity index (χ1v) is 6.14. The van der Waals surface area contributed by atoms with Crippen molar-refractivity contribution < 1.29 is 4.52 Å².